The molecule has 3 aromatic rings. The zero-order valence-electron chi connectivity index (χ0n) is 14.3. The van der Waals surface area contributed by atoms with E-state index in [-0.39, 0.29) is 0 Å². The van der Waals surface area contributed by atoms with Gasteiger partial charge in [0.1, 0.15) is 12.4 Å². The zero-order chi connectivity index (χ0) is 17.5. The van der Waals surface area contributed by atoms with Crippen molar-refractivity contribution in [2.45, 2.75) is 26.5 Å². The first-order valence-electron chi connectivity index (χ1n) is 8.52. The normalized spacial score (nSPS) is 10.5. The summed E-state index contributed by atoms with van der Waals surface area (Å²) in [6, 6.07) is 24.5. The quantitative estimate of drug-likeness (QED) is 0.555. The molecule has 0 unspecified atom stereocenters. The van der Waals surface area contributed by atoms with Crippen molar-refractivity contribution >= 4 is 17.3 Å². The summed E-state index contributed by atoms with van der Waals surface area (Å²) in [5.74, 6) is 0.867. The molecule has 3 rings (SSSR count). The molecular formula is C22H22ClNO. The summed E-state index contributed by atoms with van der Waals surface area (Å²) in [5, 5.41) is 4.18. The van der Waals surface area contributed by atoms with Gasteiger partial charge in [0.15, 0.2) is 0 Å². The van der Waals surface area contributed by atoms with E-state index in [9.17, 15) is 0 Å². The first-order valence-corrected chi connectivity index (χ1v) is 8.90. The average Bonchev–Trinajstić information content (AvgIpc) is 2.67. The van der Waals surface area contributed by atoms with Crippen molar-refractivity contribution in [2.75, 3.05) is 5.32 Å². The van der Waals surface area contributed by atoms with Crippen LogP contribution in [-0.4, -0.2) is 0 Å². The van der Waals surface area contributed by atoms with Crippen molar-refractivity contribution in [1.82, 2.24) is 0 Å². The number of anilines is 1. The minimum atomic E-state index is 0.540. The third kappa shape index (κ3) is 5.27. The molecule has 0 aliphatic heterocycles. The molecular weight excluding hydrogens is 330 g/mol. The molecule has 128 valence electrons. The SMILES string of the molecule is CCc1ccc(NCc2ccc(OCc3ccc(Cl)cc3)cc2)cc1. The molecule has 25 heavy (non-hydrogen) atoms. The molecule has 0 aliphatic rings. The lowest BCUT2D eigenvalue weighted by Gasteiger charge is -2.09. The van der Waals surface area contributed by atoms with Crippen molar-refractivity contribution < 1.29 is 4.74 Å². The van der Waals surface area contributed by atoms with Gasteiger partial charge in [-0.2, -0.15) is 0 Å². The van der Waals surface area contributed by atoms with Crippen molar-refractivity contribution in [2.24, 2.45) is 0 Å². The van der Waals surface area contributed by atoms with E-state index in [1.807, 2.05) is 36.4 Å². The molecule has 0 amide bonds. The standard InChI is InChI=1S/C22H22ClNO/c1-2-17-5-11-21(12-6-17)24-15-18-7-13-22(14-8-18)25-16-19-3-9-20(23)10-4-19/h3-14,24H,2,15-16H2,1H3. The highest BCUT2D eigenvalue weighted by Gasteiger charge is 1.99. The molecule has 0 fully saturated rings. The van der Waals surface area contributed by atoms with Gasteiger partial charge in [0, 0.05) is 17.3 Å². The summed E-state index contributed by atoms with van der Waals surface area (Å²) in [7, 11) is 0. The van der Waals surface area contributed by atoms with Crippen molar-refractivity contribution in [3.8, 4) is 5.75 Å². The number of hydrogen-bond donors (Lipinski definition) is 1. The van der Waals surface area contributed by atoms with Gasteiger partial charge in [-0.1, -0.05) is 54.9 Å². The van der Waals surface area contributed by atoms with Crippen LogP contribution in [0.2, 0.25) is 5.02 Å². The van der Waals surface area contributed by atoms with E-state index >= 15 is 0 Å². The highest BCUT2D eigenvalue weighted by atomic mass is 35.5. The van der Waals surface area contributed by atoms with Crippen LogP contribution in [0.25, 0.3) is 0 Å². The summed E-state index contributed by atoms with van der Waals surface area (Å²) in [4.78, 5) is 0. The Bertz CT molecular complexity index is 780. The Kier molecular flexibility index (Phi) is 5.97. The molecule has 0 heterocycles. The minimum Gasteiger partial charge on any atom is -0.489 e. The molecule has 0 spiro atoms. The van der Waals surface area contributed by atoms with Crippen LogP contribution in [0.1, 0.15) is 23.6 Å². The molecule has 0 aromatic heterocycles. The molecule has 0 bridgehead atoms. The summed E-state index contributed by atoms with van der Waals surface area (Å²) in [6.45, 7) is 3.50. The van der Waals surface area contributed by atoms with Gasteiger partial charge >= 0.3 is 0 Å². The van der Waals surface area contributed by atoms with Crippen molar-refractivity contribution in [1.29, 1.82) is 0 Å². The van der Waals surface area contributed by atoms with Crippen molar-refractivity contribution in [3.05, 3.63) is 94.5 Å². The molecule has 1 N–H and O–H groups in total. The van der Waals surface area contributed by atoms with Gasteiger partial charge in [0.25, 0.3) is 0 Å². The maximum absolute atomic E-state index is 5.89. The Hall–Kier alpha value is -2.45. The maximum atomic E-state index is 5.89. The Morgan fingerprint density at radius 3 is 2.00 bits per heavy atom. The van der Waals surface area contributed by atoms with Crippen LogP contribution in [0.15, 0.2) is 72.8 Å². The van der Waals surface area contributed by atoms with Crippen LogP contribution in [-0.2, 0) is 19.6 Å². The van der Waals surface area contributed by atoms with Gasteiger partial charge in [0.05, 0.1) is 0 Å². The van der Waals surface area contributed by atoms with Gasteiger partial charge in [-0.25, -0.2) is 0 Å². The fourth-order valence-electron chi connectivity index (χ4n) is 2.51. The number of hydrogen-bond acceptors (Lipinski definition) is 2. The molecule has 2 nitrogen and oxygen atoms in total. The fourth-order valence-corrected chi connectivity index (χ4v) is 2.64. The lowest BCUT2D eigenvalue weighted by atomic mass is 10.1. The lowest BCUT2D eigenvalue weighted by Crippen LogP contribution is -2.00. The highest BCUT2D eigenvalue weighted by molar-refractivity contribution is 6.30. The molecule has 0 saturated heterocycles. The predicted molar refractivity (Wildman–Crippen MR) is 105 cm³/mol. The topological polar surface area (TPSA) is 21.3 Å². The zero-order valence-corrected chi connectivity index (χ0v) is 15.1. The smallest absolute Gasteiger partial charge is 0.119 e. The van der Waals surface area contributed by atoms with E-state index in [2.05, 4.69) is 48.6 Å². The summed E-state index contributed by atoms with van der Waals surface area (Å²) < 4.78 is 5.81. The van der Waals surface area contributed by atoms with Gasteiger partial charge in [-0.3, -0.25) is 0 Å². The third-order valence-corrected chi connectivity index (χ3v) is 4.35. The van der Waals surface area contributed by atoms with Crippen LogP contribution in [0, 0.1) is 0 Å². The van der Waals surface area contributed by atoms with Gasteiger partial charge < -0.3 is 10.1 Å². The summed E-state index contributed by atoms with van der Waals surface area (Å²) >= 11 is 5.89. The summed E-state index contributed by atoms with van der Waals surface area (Å²) in [6.07, 6.45) is 1.07. The number of rotatable bonds is 7. The summed E-state index contributed by atoms with van der Waals surface area (Å²) in [5.41, 5.74) is 4.82. The molecule has 0 aliphatic carbocycles. The maximum Gasteiger partial charge on any atom is 0.119 e. The van der Waals surface area contributed by atoms with E-state index in [1.165, 1.54) is 11.1 Å². The van der Waals surface area contributed by atoms with Crippen LogP contribution in [0.5, 0.6) is 5.75 Å². The Morgan fingerprint density at radius 2 is 1.36 bits per heavy atom. The number of ether oxygens (including phenoxy) is 1. The Balaban J connectivity index is 1.50. The first kappa shape index (κ1) is 17.4. The van der Waals surface area contributed by atoms with E-state index in [0.717, 1.165) is 35.0 Å². The number of nitrogens with one attached hydrogen (secondary N) is 1. The molecule has 3 heteroatoms. The van der Waals surface area contributed by atoms with E-state index in [1.54, 1.807) is 0 Å². The van der Waals surface area contributed by atoms with E-state index in [0.29, 0.717) is 6.61 Å². The lowest BCUT2D eigenvalue weighted by molar-refractivity contribution is 0.306. The van der Waals surface area contributed by atoms with Gasteiger partial charge in [-0.15, -0.1) is 0 Å². The van der Waals surface area contributed by atoms with Crippen LogP contribution in [0.4, 0.5) is 5.69 Å². The van der Waals surface area contributed by atoms with E-state index < -0.39 is 0 Å². The Labute approximate surface area is 154 Å². The third-order valence-electron chi connectivity index (χ3n) is 4.10. The van der Waals surface area contributed by atoms with E-state index in [4.69, 9.17) is 16.3 Å². The number of benzene rings is 3. The Morgan fingerprint density at radius 1 is 0.760 bits per heavy atom. The second kappa shape index (κ2) is 8.59. The minimum absolute atomic E-state index is 0.540. The fraction of sp³-hybridized carbons (Fsp3) is 0.182. The van der Waals surface area contributed by atoms with Crippen LogP contribution >= 0.6 is 11.6 Å². The molecule has 3 aromatic carbocycles. The average molecular weight is 352 g/mol. The molecule has 0 radical (unpaired) electrons. The monoisotopic (exact) mass is 351 g/mol. The molecule has 0 saturated carbocycles. The van der Waals surface area contributed by atoms with Crippen LogP contribution in [0.3, 0.4) is 0 Å². The van der Waals surface area contributed by atoms with Gasteiger partial charge in [0.2, 0.25) is 0 Å². The number of halogens is 1. The first-order chi connectivity index (χ1) is 12.2. The highest BCUT2D eigenvalue weighted by Crippen LogP contribution is 2.17. The van der Waals surface area contributed by atoms with Gasteiger partial charge in [-0.05, 0) is 59.5 Å². The second-order valence-corrected chi connectivity index (χ2v) is 6.40. The largest absolute Gasteiger partial charge is 0.489 e. The van der Waals surface area contributed by atoms with Crippen molar-refractivity contribution in [3.63, 3.8) is 0 Å². The second-order valence-electron chi connectivity index (χ2n) is 5.96. The predicted octanol–water partition coefficient (Wildman–Crippen LogP) is 6.09. The molecule has 0 atom stereocenters. The number of aryl methyl sites for hydroxylation is 1. The van der Waals surface area contributed by atoms with Crippen LogP contribution < -0.4 is 10.1 Å².